The summed E-state index contributed by atoms with van der Waals surface area (Å²) in [6, 6.07) is 25.4. The van der Waals surface area contributed by atoms with Crippen molar-refractivity contribution < 1.29 is 4.79 Å². The van der Waals surface area contributed by atoms with Gasteiger partial charge in [0.05, 0.1) is 5.41 Å². The van der Waals surface area contributed by atoms with Crippen molar-refractivity contribution in [1.29, 1.82) is 0 Å². The maximum atomic E-state index is 13.5. The number of rotatable bonds is 7. The molecular weight excluding hydrogens is 482 g/mol. The summed E-state index contributed by atoms with van der Waals surface area (Å²) in [7, 11) is 0. The minimum Gasteiger partial charge on any atom is -0.340 e. The highest BCUT2D eigenvalue weighted by Gasteiger charge is 2.42. The number of hydrogen-bond donors (Lipinski definition) is 3. The van der Waals surface area contributed by atoms with Crippen molar-refractivity contribution in [3.63, 3.8) is 0 Å². The van der Waals surface area contributed by atoms with E-state index < -0.39 is 5.41 Å². The lowest BCUT2D eigenvalue weighted by Gasteiger charge is -2.28. The van der Waals surface area contributed by atoms with E-state index in [1.54, 1.807) is 0 Å². The third kappa shape index (κ3) is 5.75. The summed E-state index contributed by atoms with van der Waals surface area (Å²) in [6.07, 6.45) is 3.76. The van der Waals surface area contributed by atoms with E-state index in [2.05, 4.69) is 32.8 Å². The number of benzene rings is 3. The summed E-state index contributed by atoms with van der Waals surface area (Å²) in [5.74, 6) is 1.25. The second-order valence-corrected chi connectivity index (χ2v) is 10.1. The maximum Gasteiger partial charge on any atom is 0.235 e. The molecule has 7 heteroatoms. The van der Waals surface area contributed by atoms with Gasteiger partial charge in [-0.1, -0.05) is 54.3 Å². The van der Waals surface area contributed by atoms with Gasteiger partial charge in [0.2, 0.25) is 11.9 Å². The summed E-state index contributed by atoms with van der Waals surface area (Å²) in [6.45, 7) is 3.99. The van der Waals surface area contributed by atoms with E-state index in [4.69, 9.17) is 11.6 Å². The molecular formula is C30H30ClN5O. The summed E-state index contributed by atoms with van der Waals surface area (Å²) >= 11 is 6.09. The lowest BCUT2D eigenvalue weighted by atomic mass is 9.78. The highest BCUT2D eigenvalue weighted by atomic mass is 35.5. The van der Waals surface area contributed by atoms with E-state index in [9.17, 15) is 4.79 Å². The first kappa shape index (κ1) is 24.8. The molecule has 1 amide bonds. The minimum absolute atomic E-state index is 0.0336. The van der Waals surface area contributed by atoms with Crippen molar-refractivity contribution in [2.45, 2.75) is 44.9 Å². The Morgan fingerprint density at radius 1 is 0.784 bits per heavy atom. The smallest absolute Gasteiger partial charge is 0.235 e. The van der Waals surface area contributed by atoms with Crippen LogP contribution in [0.4, 0.5) is 28.8 Å². The molecule has 0 atom stereocenters. The van der Waals surface area contributed by atoms with Crippen LogP contribution in [0, 0.1) is 13.8 Å². The fourth-order valence-corrected chi connectivity index (χ4v) is 5.01. The highest BCUT2D eigenvalue weighted by Crippen LogP contribution is 2.42. The lowest BCUT2D eigenvalue weighted by molar-refractivity contribution is -0.121. The Hall–Kier alpha value is -3.90. The van der Waals surface area contributed by atoms with Gasteiger partial charge in [-0.3, -0.25) is 4.79 Å². The van der Waals surface area contributed by atoms with Gasteiger partial charge in [0, 0.05) is 33.8 Å². The molecule has 1 aliphatic carbocycles. The molecule has 37 heavy (non-hydrogen) atoms. The molecule has 0 spiro atoms. The van der Waals surface area contributed by atoms with Crippen molar-refractivity contribution in [2.75, 3.05) is 16.0 Å². The number of nitrogens with zero attached hydrogens (tertiary/aromatic N) is 2. The third-order valence-corrected chi connectivity index (χ3v) is 7.12. The Labute approximate surface area is 222 Å². The van der Waals surface area contributed by atoms with E-state index in [0.717, 1.165) is 54.0 Å². The molecule has 0 saturated heterocycles. The second-order valence-electron chi connectivity index (χ2n) is 9.66. The predicted molar refractivity (Wildman–Crippen MR) is 151 cm³/mol. The van der Waals surface area contributed by atoms with Crippen LogP contribution in [-0.4, -0.2) is 15.9 Å². The van der Waals surface area contributed by atoms with E-state index in [-0.39, 0.29) is 5.91 Å². The number of anilines is 5. The molecule has 1 aliphatic rings. The number of aryl methyl sites for hydroxylation is 2. The molecule has 1 aromatic heterocycles. The Morgan fingerprint density at radius 3 is 2.05 bits per heavy atom. The second kappa shape index (κ2) is 10.6. The minimum atomic E-state index is -0.513. The zero-order valence-electron chi connectivity index (χ0n) is 21.0. The number of nitrogens with one attached hydrogen (secondary N) is 3. The fraction of sp³-hybridized carbons (Fsp3) is 0.233. The first-order chi connectivity index (χ1) is 17.9. The number of aromatic nitrogens is 2. The van der Waals surface area contributed by atoms with Crippen molar-refractivity contribution in [2.24, 2.45) is 0 Å². The summed E-state index contributed by atoms with van der Waals surface area (Å²) in [4.78, 5) is 22.6. The Bertz CT molecular complexity index is 1380. The zero-order valence-corrected chi connectivity index (χ0v) is 21.8. The first-order valence-electron chi connectivity index (χ1n) is 12.5. The Morgan fingerprint density at radius 2 is 1.38 bits per heavy atom. The van der Waals surface area contributed by atoms with E-state index >= 15 is 0 Å². The van der Waals surface area contributed by atoms with Gasteiger partial charge in [0.15, 0.2) is 0 Å². The van der Waals surface area contributed by atoms with Gasteiger partial charge in [0.1, 0.15) is 5.82 Å². The average molecular weight is 512 g/mol. The number of halogens is 1. The fourth-order valence-electron chi connectivity index (χ4n) is 4.88. The van der Waals surface area contributed by atoms with Gasteiger partial charge >= 0.3 is 0 Å². The van der Waals surface area contributed by atoms with Crippen LogP contribution in [0.15, 0.2) is 78.9 Å². The average Bonchev–Trinajstić information content (AvgIpc) is 3.38. The van der Waals surface area contributed by atoms with Crippen LogP contribution < -0.4 is 16.0 Å². The van der Waals surface area contributed by atoms with Crippen LogP contribution in [0.1, 0.15) is 42.5 Å². The van der Waals surface area contributed by atoms with Gasteiger partial charge in [-0.15, -0.1) is 0 Å². The Balaban J connectivity index is 1.27. The lowest BCUT2D eigenvalue weighted by Crippen LogP contribution is -2.37. The van der Waals surface area contributed by atoms with Gasteiger partial charge in [-0.2, -0.15) is 4.98 Å². The van der Waals surface area contributed by atoms with Crippen LogP contribution >= 0.6 is 11.6 Å². The molecule has 5 rings (SSSR count). The molecule has 1 fully saturated rings. The predicted octanol–water partition coefficient (Wildman–Crippen LogP) is 7.68. The number of hydrogen-bond acceptors (Lipinski definition) is 5. The standard InChI is InChI=1S/C30H30ClN5O/c1-20-5-11-26(12-6-20)35-29-32-21(2)19-27(36-29)33-24-13-15-25(16-14-24)34-28(37)30(17-3-4-18-30)22-7-9-23(31)10-8-22/h5-16,19H,3-4,17-18H2,1-2H3,(H,34,37)(H2,32,33,35,36). The summed E-state index contributed by atoms with van der Waals surface area (Å²) in [5.41, 5.74) is 5.12. The number of carbonyl (C=O) groups is 1. The molecule has 0 unspecified atom stereocenters. The molecule has 0 aliphatic heterocycles. The van der Waals surface area contributed by atoms with E-state index in [0.29, 0.717) is 16.8 Å². The van der Waals surface area contributed by atoms with Crippen LogP contribution in [0.2, 0.25) is 5.02 Å². The van der Waals surface area contributed by atoms with Crippen molar-refractivity contribution in [3.8, 4) is 0 Å². The largest absolute Gasteiger partial charge is 0.340 e. The van der Waals surface area contributed by atoms with Crippen molar-refractivity contribution in [3.05, 3.63) is 101 Å². The first-order valence-corrected chi connectivity index (χ1v) is 12.9. The number of amides is 1. The van der Waals surface area contributed by atoms with Crippen LogP contribution in [0.5, 0.6) is 0 Å². The van der Waals surface area contributed by atoms with E-state index in [1.165, 1.54) is 5.56 Å². The SMILES string of the molecule is Cc1ccc(Nc2nc(C)cc(Nc3ccc(NC(=O)C4(c5ccc(Cl)cc5)CCCC4)cc3)n2)cc1. The highest BCUT2D eigenvalue weighted by molar-refractivity contribution is 6.30. The van der Waals surface area contributed by atoms with Gasteiger partial charge in [-0.05, 0) is 80.8 Å². The van der Waals surface area contributed by atoms with Crippen LogP contribution in [0.3, 0.4) is 0 Å². The van der Waals surface area contributed by atoms with Gasteiger partial charge in [-0.25, -0.2) is 4.98 Å². The Kier molecular flexibility index (Phi) is 7.10. The normalized spacial score (nSPS) is 14.2. The molecule has 4 aromatic rings. The molecule has 3 N–H and O–H groups in total. The molecule has 0 bridgehead atoms. The molecule has 6 nitrogen and oxygen atoms in total. The quantitative estimate of drug-likeness (QED) is 0.237. The van der Waals surface area contributed by atoms with Crippen molar-refractivity contribution in [1.82, 2.24) is 9.97 Å². The maximum absolute atomic E-state index is 13.5. The molecule has 1 saturated carbocycles. The zero-order chi connectivity index (χ0) is 25.8. The number of carbonyl (C=O) groups excluding carboxylic acids is 1. The topological polar surface area (TPSA) is 78.9 Å². The van der Waals surface area contributed by atoms with Gasteiger partial charge < -0.3 is 16.0 Å². The van der Waals surface area contributed by atoms with Gasteiger partial charge in [0.25, 0.3) is 0 Å². The summed E-state index contributed by atoms with van der Waals surface area (Å²) < 4.78 is 0. The van der Waals surface area contributed by atoms with Crippen molar-refractivity contribution >= 4 is 46.3 Å². The third-order valence-electron chi connectivity index (χ3n) is 6.87. The molecule has 3 aromatic carbocycles. The monoisotopic (exact) mass is 511 g/mol. The van der Waals surface area contributed by atoms with E-state index in [1.807, 2.05) is 85.8 Å². The molecule has 188 valence electrons. The molecule has 0 radical (unpaired) electrons. The molecule has 1 heterocycles. The van der Waals surface area contributed by atoms with Crippen LogP contribution in [0.25, 0.3) is 0 Å². The summed E-state index contributed by atoms with van der Waals surface area (Å²) in [5, 5.41) is 10.4. The van der Waals surface area contributed by atoms with Crippen LogP contribution in [-0.2, 0) is 10.2 Å².